The number of amides is 1. The number of nitrogens with one attached hydrogen (secondary N) is 2. The van der Waals surface area contributed by atoms with Gasteiger partial charge in [-0.15, -0.1) is 0 Å². The van der Waals surface area contributed by atoms with E-state index in [9.17, 15) is 4.79 Å². The van der Waals surface area contributed by atoms with Crippen molar-refractivity contribution in [2.24, 2.45) is 0 Å². The number of anilines is 2. The summed E-state index contributed by atoms with van der Waals surface area (Å²) in [5.41, 5.74) is 0.909. The summed E-state index contributed by atoms with van der Waals surface area (Å²) in [5, 5.41) is 6.38. The van der Waals surface area contributed by atoms with Crippen LogP contribution >= 0.6 is 23.2 Å². The molecule has 2 aromatic rings. The second-order valence-corrected chi connectivity index (χ2v) is 4.55. The minimum absolute atomic E-state index is 0.315. The van der Waals surface area contributed by atoms with E-state index in [1.807, 2.05) is 0 Å². The van der Waals surface area contributed by atoms with E-state index in [4.69, 9.17) is 23.2 Å². The lowest BCUT2D eigenvalue weighted by Crippen LogP contribution is -2.13. The molecule has 0 radical (unpaired) electrons. The zero-order valence-corrected chi connectivity index (χ0v) is 11.6. The van der Waals surface area contributed by atoms with E-state index in [0.717, 1.165) is 0 Å². The van der Waals surface area contributed by atoms with Crippen LogP contribution in [0.3, 0.4) is 0 Å². The molecule has 2 rings (SSSR count). The Morgan fingerprint density at radius 3 is 2.58 bits per heavy atom. The Labute approximate surface area is 120 Å². The second-order valence-electron chi connectivity index (χ2n) is 3.74. The molecule has 0 unspecified atom stereocenters. The Kier molecular flexibility index (Phi) is 4.24. The van der Waals surface area contributed by atoms with Gasteiger partial charge in [0, 0.05) is 13.2 Å². The van der Waals surface area contributed by atoms with Gasteiger partial charge in [-0.3, -0.25) is 4.79 Å². The van der Waals surface area contributed by atoms with Crippen molar-refractivity contribution < 1.29 is 4.79 Å². The molecule has 1 amide bonds. The molecule has 2 N–H and O–H groups in total. The highest BCUT2D eigenvalue weighted by Gasteiger charge is 2.11. The fourth-order valence-corrected chi connectivity index (χ4v) is 1.95. The van der Waals surface area contributed by atoms with Crippen LogP contribution in [-0.4, -0.2) is 17.9 Å². The molecule has 0 saturated heterocycles. The molecule has 6 heteroatoms. The Morgan fingerprint density at radius 1 is 1.21 bits per heavy atom. The van der Waals surface area contributed by atoms with Crippen molar-refractivity contribution in [3.63, 3.8) is 0 Å². The molecule has 0 aliphatic heterocycles. The Balaban J connectivity index is 2.21. The van der Waals surface area contributed by atoms with Crippen LogP contribution in [0.4, 0.5) is 11.5 Å². The fourth-order valence-electron chi connectivity index (χ4n) is 1.50. The molecule has 1 aromatic carbocycles. The third kappa shape index (κ3) is 3.16. The number of hydrogen-bond donors (Lipinski definition) is 2. The third-order valence-corrected chi connectivity index (χ3v) is 3.08. The van der Waals surface area contributed by atoms with Crippen LogP contribution in [-0.2, 0) is 0 Å². The summed E-state index contributed by atoms with van der Waals surface area (Å²) in [7, 11) is 1.71. The van der Waals surface area contributed by atoms with E-state index in [1.165, 1.54) is 6.20 Å². The minimum Gasteiger partial charge on any atom is -0.372 e. The van der Waals surface area contributed by atoms with E-state index in [1.54, 1.807) is 37.4 Å². The molecule has 4 nitrogen and oxygen atoms in total. The highest BCUT2D eigenvalue weighted by molar-refractivity contribution is 6.34. The molecule has 0 aliphatic rings. The Morgan fingerprint density at radius 2 is 1.95 bits per heavy atom. The molecule has 0 saturated carbocycles. The number of rotatable bonds is 3. The summed E-state index contributed by atoms with van der Waals surface area (Å²) < 4.78 is 0. The van der Waals surface area contributed by atoms with E-state index in [0.29, 0.717) is 27.1 Å². The van der Waals surface area contributed by atoms with Gasteiger partial charge in [0.05, 0.1) is 21.3 Å². The Hall–Kier alpha value is -1.78. The number of benzene rings is 1. The summed E-state index contributed by atoms with van der Waals surface area (Å²) in [6.07, 6.45) is 1.45. The van der Waals surface area contributed by atoms with Gasteiger partial charge in [0.25, 0.3) is 5.91 Å². The second kappa shape index (κ2) is 5.91. The van der Waals surface area contributed by atoms with E-state index < -0.39 is 0 Å². The molecule has 1 aromatic heterocycles. The SMILES string of the molecule is CNc1ncc(C(=O)Nc2ccccc2Cl)cc1Cl. The molecule has 0 atom stereocenters. The predicted octanol–water partition coefficient (Wildman–Crippen LogP) is 3.68. The molecular formula is C13H11Cl2N3O. The normalized spacial score (nSPS) is 10.1. The van der Waals surface area contributed by atoms with E-state index in [-0.39, 0.29) is 5.91 Å². The number of hydrogen-bond acceptors (Lipinski definition) is 3. The maximum atomic E-state index is 12.0. The molecular weight excluding hydrogens is 285 g/mol. The number of carbonyl (C=O) groups is 1. The van der Waals surface area contributed by atoms with Gasteiger partial charge in [0.2, 0.25) is 0 Å². The largest absolute Gasteiger partial charge is 0.372 e. The summed E-state index contributed by atoms with van der Waals surface area (Å²) in [6.45, 7) is 0. The van der Waals surface area contributed by atoms with Gasteiger partial charge in [-0.05, 0) is 18.2 Å². The zero-order chi connectivity index (χ0) is 13.8. The predicted molar refractivity (Wildman–Crippen MR) is 78.2 cm³/mol. The lowest BCUT2D eigenvalue weighted by atomic mass is 10.2. The summed E-state index contributed by atoms with van der Waals surface area (Å²) in [6, 6.07) is 8.55. The van der Waals surface area contributed by atoms with Crippen LogP contribution in [0.5, 0.6) is 0 Å². The number of para-hydroxylation sites is 1. The number of halogens is 2. The van der Waals surface area contributed by atoms with Gasteiger partial charge in [-0.25, -0.2) is 4.98 Å². The van der Waals surface area contributed by atoms with Gasteiger partial charge in [-0.1, -0.05) is 35.3 Å². The van der Waals surface area contributed by atoms with Crippen LogP contribution in [0, 0.1) is 0 Å². The highest BCUT2D eigenvalue weighted by atomic mass is 35.5. The van der Waals surface area contributed by atoms with Crippen molar-refractivity contribution in [3.8, 4) is 0 Å². The fraction of sp³-hybridized carbons (Fsp3) is 0.0769. The maximum Gasteiger partial charge on any atom is 0.257 e. The summed E-state index contributed by atoms with van der Waals surface area (Å²) in [5.74, 6) is 0.209. The van der Waals surface area contributed by atoms with Gasteiger partial charge < -0.3 is 10.6 Å². The molecule has 98 valence electrons. The maximum absolute atomic E-state index is 12.0. The first-order valence-corrected chi connectivity index (χ1v) is 6.26. The van der Waals surface area contributed by atoms with Crippen LogP contribution in [0.25, 0.3) is 0 Å². The van der Waals surface area contributed by atoms with Crippen molar-refractivity contribution >= 4 is 40.6 Å². The van der Waals surface area contributed by atoms with Gasteiger partial charge >= 0.3 is 0 Å². The van der Waals surface area contributed by atoms with Crippen LogP contribution < -0.4 is 10.6 Å². The van der Waals surface area contributed by atoms with Crippen molar-refractivity contribution in [1.82, 2.24) is 4.98 Å². The summed E-state index contributed by atoms with van der Waals surface area (Å²) in [4.78, 5) is 16.1. The number of nitrogens with zero attached hydrogens (tertiary/aromatic N) is 1. The average molecular weight is 296 g/mol. The van der Waals surface area contributed by atoms with Crippen molar-refractivity contribution in [2.45, 2.75) is 0 Å². The molecule has 0 bridgehead atoms. The van der Waals surface area contributed by atoms with Crippen LogP contribution in [0.1, 0.15) is 10.4 Å². The standard InChI is InChI=1S/C13H11Cl2N3O/c1-16-12-10(15)6-8(7-17-12)13(19)18-11-5-3-2-4-9(11)14/h2-7H,1H3,(H,16,17)(H,18,19). The quantitative estimate of drug-likeness (QED) is 0.908. The van der Waals surface area contributed by atoms with Crippen molar-refractivity contribution in [3.05, 3.63) is 52.1 Å². The van der Waals surface area contributed by atoms with Crippen LogP contribution in [0.2, 0.25) is 10.0 Å². The topological polar surface area (TPSA) is 54.0 Å². The lowest BCUT2D eigenvalue weighted by Gasteiger charge is -2.08. The van der Waals surface area contributed by atoms with Gasteiger partial charge in [0.15, 0.2) is 0 Å². The molecule has 0 spiro atoms. The van der Waals surface area contributed by atoms with Crippen molar-refractivity contribution in [1.29, 1.82) is 0 Å². The lowest BCUT2D eigenvalue weighted by molar-refractivity contribution is 0.102. The van der Waals surface area contributed by atoms with Gasteiger partial charge in [0.1, 0.15) is 5.82 Å². The monoisotopic (exact) mass is 295 g/mol. The van der Waals surface area contributed by atoms with Crippen molar-refractivity contribution in [2.75, 3.05) is 17.7 Å². The van der Waals surface area contributed by atoms with Crippen LogP contribution in [0.15, 0.2) is 36.5 Å². The number of aromatic nitrogens is 1. The third-order valence-electron chi connectivity index (χ3n) is 2.46. The van der Waals surface area contributed by atoms with E-state index >= 15 is 0 Å². The molecule has 1 heterocycles. The number of carbonyl (C=O) groups excluding carboxylic acids is 1. The average Bonchev–Trinajstić information content (AvgIpc) is 2.41. The van der Waals surface area contributed by atoms with Gasteiger partial charge in [-0.2, -0.15) is 0 Å². The molecule has 0 aliphatic carbocycles. The summed E-state index contributed by atoms with van der Waals surface area (Å²) >= 11 is 11.9. The highest BCUT2D eigenvalue weighted by Crippen LogP contribution is 2.23. The smallest absolute Gasteiger partial charge is 0.257 e. The first kappa shape index (κ1) is 13.6. The first-order chi connectivity index (χ1) is 9.11. The minimum atomic E-state index is -0.315. The van der Waals surface area contributed by atoms with E-state index in [2.05, 4.69) is 15.6 Å². The Bertz CT molecular complexity index is 617. The first-order valence-electron chi connectivity index (χ1n) is 5.51. The number of pyridine rings is 1. The molecule has 19 heavy (non-hydrogen) atoms. The zero-order valence-electron chi connectivity index (χ0n) is 10.1. The molecule has 0 fully saturated rings.